The third-order valence-electron chi connectivity index (χ3n) is 1.13. The third-order valence-corrected chi connectivity index (χ3v) is 1.13. The van der Waals surface area contributed by atoms with Crippen LogP contribution in [0.3, 0.4) is 0 Å². The molecule has 0 radical (unpaired) electrons. The summed E-state index contributed by atoms with van der Waals surface area (Å²) in [5.41, 5.74) is -1.14. The van der Waals surface area contributed by atoms with Crippen LogP contribution in [0, 0.1) is 0 Å². The van der Waals surface area contributed by atoms with Gasteiger partial charge in [0.25, 0.3) is 0 Å². The number of rotatable bonds is 2. The fourth-order valence-corrected chi connectivity index (χ4v) is 0.873. The number of hydrogen-bond donors (Lipinski definition) is 0. The Hall–Kier alpha value is 1.58. The van der Waals surface area contributed by atoms with Crippen molar-refractivity contribution >= 4 is 92.9 Å². The fraction of sp³-hybridized carbons (Fsp3) is 0.818. The minimum atomic E-state index is -0.570. The first-order valence-corrected chi connectivity index (χ1v) is 4.93. The van der Waals surface area contributed by atoms with E-state index in [1.807, 2.05) is 0 Å². The maximum atomic E-state index is 11.2. The van der Waals surface area contributed by atoms with Gasteiger partial charge in [0.2, 0.25) is 0 Å². The van der Waals surface area contributed by atoms with Gasteiger partial charge in [0.1, 0.15) is 17.6 Å². The molecule has 92 valence electrons. The Morgan fingerprint density at radius 3 is 1.24 bits per heavy atom. The fourth-order valence-electron chi connectivity index (χ4n) is 0.873. The summed E-state index contributed by atoms with van der Waals surface area (Å²) in [5, 5.41) is 0. The standard InChI is InChI=1S/C11H20O4.K.Na.2H/c1-10(2,3)14-8(12)7-9(13)15-11(4,5)6;;;;/h7H2,1-6H3;;;;. The molecule has 4 nitrogen and oxygen atoms in total. The molecule has 0 aliphatic carbocycles. The van der Waals surface area contributed by atoms with E-state index in [0.717, 1.165) is 0 Å². The second-order valence-corrected chi connectivity index (χ2v) is 5.35. The Morgan fingerprint density at radius 1 is 0.824 bits per heavy atom. The zero-order valence-corrected chi connectivity index (χ0v) is 10.3. The summed E-state index contributed by atoms with van der Waals surface area (Å²) in [6, 6.07) is 0. The van der Waals surface area contributed by atoms with Gasteiger partial charge in [-0.3, -0.25) is 9.59 Å². The van der Waals surface area contributed by atoms with Crippen molar-refractivity contribution in [3.05, 3.63) is 0 Å². The predicted octanol–water partition coefficient (Wildman–Crippen LogP) is 0.763. The molecule has 0 aromatic heterocycles. The van der Waals surface area contributed by atoms with Gasteiger partial charge in [0.15, 0.2) is 0 Å². The molecule has 6 heteroatoms. The first kappa shape index (κ1) is 23.7. The molecular formula is C11H22KNaO4. The first-order chi connectivity index (χ1) is 6.49. The Balaban J connectivity index is -0.000000980. The molecular weight excluding hydrogens is 258 g/mol. The molecule has 0 atom stereocenters. The van der Waals surface area contributed by atoms with Crippen LogP contribution in [0.4, 0.5) is 0 Å². The average Bonchev–Trinajstić information content (AvgIpc) is 1.73. The third kappa shape index (κ3) is 17.6. The van der Waals surface area contributed by atoms with Crippen LogP contribution in [0.1, 0.15) is 48.0 Å². The number of carbonyl (C=O) groups is 2. The summed E-state index contributed by atoms with van der Waals surface area (Å²) >= 11 is 0. The van der Waals surface area contributed by atoms with Gasteiger partial charge < -0.3 is 9.47 Å². The molecule has 0 saturated heterocycles. The van der Waals surface area contributed by atoms with Crippen molar-refractivity contribution in [3.8, 4) is 0 Å². The molecule has 17 heavy (non-hydrogen) atoms. The molecule has 0 aliphatic heterocycles. The van der Waals surface area contributed by atoms with E-state index in [1.54, 1.807) is 41.5 Å². The van der Waals surface area contributed by atoms with Crippen LogP contribution >= 0.6 is 0 Å². The van der Waals surface area contributed by atoms with Crippen LogP contribution in [0.5, 0.6) is 0 Å². The average molecular weight is 280 g/mol. The zero-order valence-electron chi connectivity index (χ0n) is 10.3. The van der Waals surface area contributed by atoms with Crippen LogP contribution in [-0.2, 0) is 19.1 Å². The van der Waals surface area contributed by atoms with Gasteiger partial charge in [-0.25, -0.2) is 0 Å². The molecule has 0 bridgehead atoms. The van der Waals surface area contributed by atoms with Gasteiger partial charge in [0.05, 0.1) is 0 Å². The summed E-state index contributed by atoms with van der Waals surface area (Å²) < 4.78 is 9.97. The Bertz CT molecular complexity index is 227. The summed E-state index contributed by atoms with van der Waals surface area (Å²) in [5.74, 6) is -1.12. The van der Waals surface area contributed by atoms with E-state index in [-0.39, 0.29) is 87.4 Å². The van der Waals surface area contributed by atoms with Crippen LogP contribution in [0.25, 0.3) is 0 Å². The number of hydrogen-bond acceptors (Lipinski definition) is 4. The SMILES string of the molecule is CC(C)(C)OC(=O)CC(=O)OC(C)(C)C.[KH].[NaH]. The van der Waals surface area contributed by atoms with Crippen LogP contribution in [0.2, 0.25) is 0 Å². The van der Waals surface area contributed by atoms with Crippen molar-refractivity contribution < 1.29 is 19.1 Å². The zero-order chi connectivity index (χ0) is 12.3. The molecule has 0 heterocycles. The van der Waals surface area contributed by atoms with Crippen LogP contribution < -0.4 is 0 Å². The van der Waals surface area contributed by atoms with Gasteiger partial charge in [-0.2, -0.15) is 0 Å². The minimum absolute atomic E-state index is 0. The molecule has 0 unspecified atom stereocenters. The molecule has 0 saturated carbocycles. The van der Waals surface area contributed by atoms with Crippen LogP contribution in [-0.4, -0.2) is 104 Å². The van der Waals surface area contributed by atoms with Crippen molar-refractivity contribution in [1.82, 2.24) is 0 Å². The molecule has 0 amide bonds. The summed E-state index contributed by atoms with van der Waals surface area (Å²) in [6.07, 6.45) is -0.339. The van der Waals surface area contributed by atoms with Gasteiger partial charge in [-0.1, -0.05) is 0 Å². The van der Waals surface area contributed by atoms with Gasteiger partial charge in [0, 0.05) is 0 Å². The normalized spacial score (nSPS) is 10.7. The molecule has 0 aromatic rings. The van der Waals surface area contributed by atoms with Crippen molar-refractivity contribution in [2.45, 2.75) is 59.2 Å². The summed E-state index contributed by atoms with van der Waals surface area (Å²) in [4.78, 5) is 22.5. The molecule has 0 aliphatic rings. The molecule has 0 spiro atoms. The van der Waals surface area contributed by atoms with Gasteiger partial charge >= 0.3 is 92.9 Å². The second-order valence-electron chi connectivity index (χ2n) is 5.35. The van der Waals surface area contributed by atoms with Crippen molar-refractivity contribution in [3.63, 3.8) is 0 Å². The number of carbonyl (C=O) groups excluding carboxylic acids is 2. The quantitative estimate of drug-likeness (QED) is 0.426. The number of esters is 2. The molecule has 0 aromatic carbocycles. The van der Waals surface area contributed by atoms with E-state index in [1.165, 1.54) is 0 Å². The second kappa shape index (κ2) is 9.48. The molecule has 0 fully saturated rings. The molecule has 0 rings (SSSR count). The Morgan fingerprint density at radius 2 is 1.06 bits per heavy atom. The van der Waals surface area contributed by atoms with E-state index >= 15 is 0 Å². The van der Waals surface area contributed by atoms with E-state index in [2.05, 4.69) is 0 Å². The van der Waals surface area contributed by atoms with Gasteiger partial charge in [-0.15, -0.1) is 0 Å². The van der Waals surface area contributed by atoms with Crippen molar-refractivity contribution in [1.29, 1.82) is 0 Å². The predicted molar refractivity (Wildman–Crippen MR) is 70.6 cm³/mol. The topological polar surface area (TPSA) is 52.6 Å². The number of ether oxygens (including phenoxy) is 2. The van der Waals surface area contributed by atoms with E-state index in [9.17, 15) is 9.59 Å². The van der Waals surface area contributed by atoms with E-state index in [0.29, 0.717) is 0 Å². The summed E-state index contributed by atoms with van der Waals surface area (Å²) in [6.45, 7) is 10.5. The molecule has 0 N–H and O–H groups in total. The van der Waals surface area contributed by atoms with Crippen molar-refractivity contribution in [2.75, 3.05) is 0 Å². The van der Waals surface area contributed by atoms with Crippen LogP contribution in [0.15, 0.2) is 0 Å². The Kier molecular flexibility index (Phi) is 13.2. The first-order valence-electron chi connectivity index (χ1n) is 4.93. The van der Waals surface area contributed by atoms with Crippen molar-refractivity contribution in [2.24, 2.45) is 0 Å². The van der Waals surface area contributed by atoms with Gasteiger partial charge in [-0.05, 0) is 41.5 Å². The van der Waals surface area contributed by atoms with E-state index < -0.39 is 23.1 Å². The van der Waals surface area contributed by atoms with E-state index in [4.69, 9.17) is 9.47 Å². The monoisotopic (exact) mass is 280 g/mol. The maximum absolute atomic E-state index is 11.2. The Labute approximate surface area is 168 Å². The summed E-state index contributed by atoms with van der Waals surface area (Å²) in [7, 11) is 0.